The van der Waals surface area contributed by atoms with Crippen LogP contribution in [0.15, 0.2) is 0 Å². The van der Waals surface area contributed by atoms with Gasteiger partial charge in [0.25, 0.3) is 0 Å². The minimum Gasteiger partial charge on any atom is -0.327 e. The first-order valence-electron chi connectivity index (χ1n) is 6.62. The van der Waals surface area contributed by atoms with Gasteiger partial charge in [0, 0.05) is 6.04 Å². The highest BCUT2D eigenvalue weighted by Crippen LogP contribution is 2.52. The van der Waals surface area contributed by atoms with E-state index in [-0.39, 0.29) is 0 Å². The molecule has 3 fully saturated rings. The molecule has 0 spiro atoms. The van der Waals surface area contributed by atoms with E-state index in [1.807, 2.05) is 0 Å². The van der Waals surface area contributed by atoms with Gasteiger partial charge in [0.2, 0.25) is 0 Å². The van der Waals surface area contributed by atoms with E-state index in [0.29, 0.717) is 6.04 Å². The maximum absolute atomic E-state index is 6.40. The van der Waals surface area contributed by atoms with Crippen molar-refractivity contribution < 1.29 is 0 Å². The zero-order valence-corrected chi connectivity index (χ0v) is 9.12. The summed E-state index contributed by atoms with van der Waals surface area (Å²) in [5.74, 6) is 3.87. The molecule has 0 aromatic carbocycles. The van der Waals surface area contributed by atoms with Gasteiger partial charge >= 0.3 is 0 Å². The molecular weight excluding hydrogens is 170 g/mol. The van der Waals surface area contributed by atoms with Crippen molar-refractivity contribution in [1.29, 1.82) is 0 Å². The molecule has 80 valence electrons. The molecule has 2 bridgehead atoms. The number of hydrogen-bond donors (Lipinski definition) is 1. The Labute approximate surface area is 87.4 Å². The van der Waals surface area contributed by atoms with Crippen molar-refractivity contribution in [3.63, 3.8) is 0 Å². The second kappa shape index (κ2) is 3.52. The summed E-state index contributed by atoms with van der Waals surface area (Å²) in [5, 5.41) is 0. The highest BCUT2D eigenvalue weighted by molar-refractivity contribution is 5.01. The van der Waals surface area contributed by atoms with Crippen LogP contribution in [0, 0.1) is 23.7 Å². The predicted octanol–water partition coefficient (Wildman–Crippen LogP) is 2.94. The Balaban J connectivity index is 1.71. The van der Waals surface area contributed by atoms with Crippen molar-refractivity contribution >= 4 is 0 Å². The van der Waals surface area contributed by atoms with Crippen molar-refractivity contribution in [2.24, 2.45) is 29.4 Å². The van der Waals surface area contributed by atoms with E-state index in [9.17, 15) is 0 Å². The fourth-order valence-corrected chi connectivity index (χ4v) is 4.60. The maximum Gasteiger partial charge on any atom is 0.0101 e. The first-order valence-corrected chi connectivity index (χ1v) is 6.62. The van der Waals surface area contributed by atoms with Gasteiger partial charge in [-0.25, -0.2) is 0 Å². The normalized spacial score (nSPS) is 48.6. The van der Waals surface area contributed by atoms with E-state index in [1.54, 1.807) is 0 Å². The second-order valence-electron chi connectivity index (χ2n) is 5.89. The van der Waals surface area contributed by atoms with E-state index in [1.165, 1.54) is 51.4 Å². The van der Waals surface area contributed by atoms with Crippen molar-refractivity contribution in [2.75, 3.05) is 0 Å². The lowest BCUT2D eigenvalue weighted by molar-refractivity contribution is 0.158. The third-order valence-electron chi connectivity index (χ3n) is 5.24. The van der Waals surface area contributed by atoms with Crippen molar-refractivity contribution in [3.05, 3.63) is 0 Å². The number of fused-ring (bicyclic) bond motifs is 2. The fourth-order valence-electron chi connectivity index (χ4n) is 4.60. The van der Waals surface area contributed by atoms with E-state index >= 15 is 0 Å². The van der Waals surface area contributed by atoms with Crippen LogP contribution in [-0.4, -0.2) is 6.04 Å². The molecule has 0 aromatic rings. The lowest BCUT2D eigenvalue weighted by Gasteiger charge is -2.37. The largest absolute Gasteiger partial charge is 0.327 e. The van der Waals surface area contributed by atoms with Gasteiger partial charge in [-0.15, -0.1) is 0 Å². The molecule has 4 atom stereocenters. The number of nitrogens with two attached hydrogens (primary N) is 1. The van der Waals surface area contributed by atoms with Crippen LogP contribution in [-0.2, 0) is 0 Å². The van der Waals surface area contributed by atoms with Crippen molar-refractivity contribution in [2.45, 2.75) is 57.4 Å². The van der Waals surface area contributed by atoms with Crippen LogP contribution in [0.1, 0.15) is 51.4 Å². The molecule has 2 N–H and O–H groups in total. The quantitative estimate of drug-likeness (QED) is 0.681. The van der Waals surface area contributed by atoms with Gasteiger partial charge in [-0.05, 0) is 42.9 Å². The smallest absolute Gasteiger partial charge is 0.0101 e. The first kappa shape index (κ1) is 9.21. The van der Waals surface area contributed by atoms with E-state index < -0.39 is 0 Å². The summed E-state index contributed by atoms with van der Waals surface area (Å²) in [7, 11) is 0. The molecule has 0 radical (unpaired) electrons. The Morgan fingerprint density at radius 1 is 0.714 bits per heavy atom. The van der Waals surface area contributed by atoms with Gasteiger partial charge < -0.3 is 5.73 Å². The molecule has 0 unspecified atom stereocenters. The molecule has 3 rings (SSSR count). The number of hydrogen-bond acceptors (Lipinski definition) is 1. The first-order chi connectivity index (χ1) is 6.86. The zero-order valence-electron chi connectivity index (χ0n) is 9.12. The molecule has 0 aromatic heterocycles. The van der Waals surface area contributed by atoms with Gasteiger partial charge in [-0.3, -0.25) is 0 Å². The summed E-state index contributed by atoms with van der Waals surface area (Å²) >= 11 is 0. The topological polar surface area (TPSA) is 26.0 Å². The molecule has 0 saturated heterocycles. The van der Waals surface area contributed by atoms with Crippen LogP contribution in [0.4, 0.5) is 0 Å². The lowest BCUT2D eigenvalue weighted by atomic mass is 9.71. The van der Waals surface area contributed by atoms with Crippen LogP contribution in [0.25, 0.3) is 0 Å². The molecule has 0 aliphatic heterocycles. The molecule has 3 aliphatic rings. The van der Waals surface area contributed by atoms with Crippen molar-refractivity contribution in [1.82, 2.24) is 0 Å². The molecule has 0 amide bonds. The van der Waals surface area contributed by atoms with Crippen molar-refractivity contribution in [3.8, 4) is 0 Å². The lowest BCUT2D eigenvalue weighted by Crippen LogP contribution is -2.40. The van der Waals surface area contributed by atoms with Gasteiger partial charge in [0.1, 0.15) is 0 Å². The monoisotopic (exact) mass is 193 g/mol. The molecule has 1 heteroatoms. The third-order valence-corrected chi connectivity index (χ3v) is 5.24. The van der Waals surface area contributed by atoms with Crippen LogP contribution in [0.3, 0.4) is 0 Å². The average Bonchev–Trinajstić information content (AvgIpc) is 2.79. The Hall–Kier alpha value is -0.0400. The standard InChI is InChI=1S/C13H23N/c14-13-11-7-6-10(8-11)12(13)9-4-2-1-3-5-9/h9-13H,1-8,14H2/t10-,11+,12+,13+/m1/s1. The van der Waals surface area contributed by atoms with Gasteiger partial charge in [-0.2, -0.15) is 0 Å². The summed E-state index contributed by atoms with van der Waals surface area (Å²) in [4.78, 5) is 0. The molecule has 0 heterocycles. The van der Waals surface area contributed by atoms with E-state index in [2.05, 4.69) is 0 Å². The maximum atomic E-state index is 6.40. The average molecular weight is 193 g/mol. The Morgan fingerprint density at radius 3 is 2.07 bits per heavy atom. The minimum atomic E-state index is 0.580. The Bertz CT molecular complexity index is 205. The zero-order chi connectivity index (χ0) is 9.54. The Morgan fingerprint density at radius 2 is 1.43 bits per heavy atom. The highest BCUT2D eigenvalue weighted by atomic mass is 14.7. The summed E-state index contributed by atoms with van der Waals surface area (Å²) in [6.45, 7) is 0. The molecule has 1 nitrogen and oxygen atoms in total. The molecule has 3 saturated carbocycles. The van der Waals surface area contributed by atoms with Crippen LogP contribution < -0.4 is 5.73 Å². The number of rotatable bonds is 1. The summed E-state index contributed by atoms with van der Waals surface area (Å²) in [6.07, 6.45) is 11.8. The van der Waals surface area contributed by atoms with Crippen LogP contribution in [0.2, 0.25) is 0 Å². The second-order valence-corrected chi connectivity index (χ2v) is 5.89. The van der Waals surface area contributed by atoms with Gasteiger partial charge in [-0.1, -0.05) is 32.1 Å². The van der Waals surface area contributed by atoms with Crippen LogP contribution in [0.5, 0.6) is 0 Å². The van der Waals surface area contributed by atoms with Gasteiger partial charge in [0.05, 0.1) is 0 Å². The third kappa shape index (κ3) is 1.32. The predicted molar refractivity (Wildman–Crippen MR) is 58.9 cm³/mol. The molecule has 3 aliphatic carbocycles. The van der Waals surface area contributed by atoms with Crippen LogP contribution >= 0.6 is 0 Å². The summed E-state index contributed by atoms with van der Waals surface area (Å²) in [6, 6.07) is 0.580. The van der Waals surface area contributed by atoms with Gasteiger partial charge in [0.15, 0.2) is 0 Å². The molecule has 14 heavy (non-hydrogen) atoms. The SMILES string of the molecule is N[C@H]1[C@H]2CC[C@H](C2)[C@@H]1C1CCCCC1. The summed E-state index contributed by atoms with van der Waals surface area (Å²) in [5.41, 5.74) is 6.40. The highest BCUT2D eigenvalue weighted by Gasteiger charge is 2.48. The van der Waals surface area contributed by atoms with E-state index in [0.717, 1.165) is 23.7 Å². The summed E-state index contributed by atoms with van der Waals surface area (Å²) < 4.78 is 0. The minimum absolute atomic E-state index is 0.580. The van der Waals surface area contributed by atoms with E-state index in [4.69, 9.17) is 5.73 Å². The Kier molecular flexibility index (Phi) is 2.31. The molecular formula is C13H23N. The fraction of sp³-hybridized carbons (Fsp3) is 1.00.